The molecule has 0 aromatic rings. The molecule has 2 unspecified atom stereocenters. The second-order valence-corrected chi connectivity index (χ2v) is 20.9. The van der Waals surface area contributed by atoms with E-state index >= 15 is 0 Å². The first-order valence-corrected chi connectivity index (χ1v) is 30.6. The number of hydrogen-bond donors (Lipinski definition) is 2. The Morgan fingerprint density at radius 3 is 1.24 bits per heavy atom. The summed E-state index contributed by atoms with van der Waals surface area (Å²) in [5.41, 5.74) is 5.40. The van der Waals surface area contributed by atoms with Crippen LogP contribution in [0.3, 0.4) is 0 Å². The fraction of sp³-hybridized carbons (Fsp3) is 0.847. The van der Waals surface area contributed by atoms with Crippen molar-refractivity contribution < 1.29 is 32.8 Å². The van der Waals surface area contributed by atoms with E-state index in [9.17, 15) is 14.3 Å². The number of phosphoric acid groups is 1. The molecule has 8 nitrogen and oxygen atoms in total. The largest absolute Gasteiger partial charge is 0.472 e. The van der Waals surface area contributed by atoms with Gasteiger partial charge in [-0.2, -0.15) is 0 Å². The van der Waals surface area contributed by atoms with E-state index in [0.717, 1.165) is 57.8 Å². The maximum Gasteiger partial charge on any atom is 0.472 e. The van der Waals surface area contributed by atoms with Gasteiger partial charge < -0.3 is 20.1 Å². The minimum absolute atomic E-state index is 0.0956. The van der Waals surface area contributed by atoms with Crippen molar-refractivity contribution in [2.45, 2.75) is 290 Å². The van der Waals surface area contributed by atoms with Gasteiger partial charge in [0.25, 0.3) is 0 Å². The summed E-state index contributed by atoms with van der Waals surface area (Å²) in [6.07, 6.45) is 70.3. The summed E-state index contributed by atoms with van der Waals surface area (Å²) in [7, 11) is -4.29. The monoisotopic (exact) mass is 978 g/mol. The summed E-state index contributed by atoms with van der Waals surface area (Å²) in [5, 5.41) is 0. The van der Waals surface area contributed by atoms with Gasteiger partial charge in [-0.15, -0.1) is 0 Å². The van der Waals surface area contributed by atoms with Gasteiger partial charge in [0, 0.05) is 19.6 Å². The van der Waals surface area contributed by atoms with Gasteiger partial charge in [-0.1, -0.05) is 274 Å². The highest BCUT2D eigenvalue weighted by Gasteiger charge is 2.25. The van der Waals surface area contributed by atoms with Gasteiger partial charge in [0.15, 0.2) is 0 Å². The second kappa shape index (κ2) is 56.4. The van der Waals surface area contributed by atoms with Crippen molar-refractivity contribution in [2.75, 3.05) is 33.0 Å². The van der Waals surface area contributed by atoms with Crippen LogP contribution in [0.25, 0.3) is 0 Å². The summed E-state index contributed by atoms with van der Waals surface area (Å²) in [6.45, 7) is 4.86. The molecule has 0 aromatic carbocycles. The molecule has 0 fully saturated rings. The molecule has 0 aliphatic rings. The van der Waals surface area contributed by atoms with Crippen molar-refractivity contribution in [1.82, 2.24) is 0 Å². The third kappa shape index (κ3) is 55.4. The number of phosphoric ester groups is 1. The topological polar surface area (TPSA) is 117 Å². The molecule has 3 N–H and O–H groups in total. The number of hydrogen-bond acceptors (Lipinski definition) is 7. The van der Waals surface area contributed by atoms with E-state index < -0.39 is 13.9 Å². The summed E-state index contributed by atoms with van der Waals surface area (Å²) < 4.78 is 33.7. The normalized spacial score (nSPS) is 13.5. The molecule has 68 heavy (non-hydrogen) atoms. The molecule has 0 aliphatic carbocycles. The van der Waals surface area contributed by atoms with Crippen LogP contribution in [-0.4, -0.2) is 49.9 Å². The molecule has 0 aromatic heterocycles. The molecule has 0 amide bonds. The lowest BCUT2D eigenvalue weighted by Gasteiger charge is -2.20. The maximum atomic E-state index is 12.7. The van der Waals surface area contributed by atoms with Crippen LogP contribution < -0.4 is 5.73 Å². The first-order valence-electron chi connectivity index (χ1n) is 29.1. The fourth-order valence-corrected chi connectivity index (χ4v) is 9.29. The number of carbonyl (C=O) groups excluding carboxylic acids is 1. The van der Waals surface area contributed by atoms with Gasteiger partial charge >= 0.3 is 13.8 Å². The van der Waals surface area contributed by atoms with E-state index in [1.54, 1.807) is 0 Å². The number of nitrogens with two attached hydrogens (primary N) is 1. The van der Waals surface area contributed by atoms with Crippen LogP contribution in [0.2, 0.25) is 0 Å². The number of rotatable bonds is 56. The Labute approximate surface area is 421 Å². The Balaban J connectivity index is 3.85. The summed E-state index contributed by atoms with van der Waals surface area (Å²) >= 11 is 0. The average molecular weight is 979 g/mol. The first-order chi connectivity index (χ1) is 33.4. The van der Waals surface area contributed by atoms with Crippen LogP contribution >= 0.6 is 7.82 Å². The Bertz CT molecular complexity index is 1190. The van der Waals surface area contributed by atoms with Gasteiger partial charge in [0.05, 0.1) is 19.8 Å². The molecule has 0 saturated carbocycles. The number of esters is 1. The van der Waals surface area contributed by atoms with Crippen LogP contribution in [0.1, 0.15) is 284 Å². The third-order valence-electron chi connectivity index (χ3n) is 12.8. The van der Waals surface area contributed by atoms with Crippen LogP contribution in [0.5, 0.6) is 0 Å². The molecule has 0 rings (SSSR count). The molecule has 0 heterocycles. The van der Waals surface area contributed by atoms with Gasteiger partial charge in [0.1, 0.15) is 6.10 Å². The number of allylic oxidation sites excluding steroid dienone is 8. The van der Waals surface area contributed by atoms with E-state index in [2.05, 4.69) is 62.5 Å². The lowest BCUT2D eigenvalue weighted by Crippen LogP contribution is -2.28. The SMILES string of the molecule is CC/C=C\C/C=C\C/C=C\C/C=C\CCCCCCCCCCCCC(=O)OC(COCCCCCCCCCCCCCCCCCCCCCCCCCCCC)COP(=O)(O)OCCN. The molecule has 0 spiro atoms. The fourth-order valence-electron chi connectivity index (χ4n) is 8.52. The summed E-state index contributed by atoms with van der Waals surface area (Å²) in [6, 6.07) is 0. The van der Waals surface area contributed by atoms with Crippen molar-refractivity contribution in [3.63, 3.8) is 0 Å². The van der Waals surface area contributed by atoms with Crippen LogP contribution in [0.15, 0.2) is 48.6 Å². The van der Waals surface area contributed by atoms with Crippen LogP contribution in [0.4, 0.5) is 0 Å². The zero-order chi connectivity index (χ0) is 49.4. The average Bonchev–Trinajstić information content (AvgIpc) is 3.33. The van der Waals surface area contributed by atoms with E-state index in [1.807, 2.05) is 0 Å². The van der Waals surface area contributed by atoms with Crippen LogP contribution in [0, 0.1) is 0 Å². The van der Waals surface area contributed by atoms with Crippen molar-refractivity contribution in [3.05, 3.63) is 48.6 Å². The second-order valence-electron chi connectivity index (χ2n) is 19.5. The Morgan fingerprint density at radius 2 is 0.824 bits per heavy atom. The lowest BCUT2D eigenvalue weighted by atomic mass is 10.0. The quantitative estimate of drug-likeness (QED) is 0.0268. The van der Waals surface area contributed by atoms with E-state index in [0.29, 0.717) is 13.0 Å². The van der Waals surface area contributed by atoms with Gasteiger partial charge in [-0.3, -0.25) is 13.8 Å². The highest BCUT2D eigenvalue weighted by molar-refractivity contribution is 7.47. The molecule has 0 bridgehead atoms. The predicted molar refractivity (Wildman–Crippen MR) is 293 cm³/mol. The minimum Gasteiger partial charge on any atom is -0.457 e. The smallest absolute Gasteiger partial charge is 0.457 e. The van der Waals surface area contributed by atoms with Gasteiger partial charge in [0.2, 0.25) is 0 Å². The van der Waals surface area contributed by atoms with Crippen molar-refractivity contribution in [1.29, 1.82) is 0 Å². The van der Waals surface area contributed by atoms with E-state index in [-0.39, 0.29) is 32.3 Å². The summed E-state index contributed by atoms with van der Waals surface area (Å²) in [4.78, 5) is 22.7. The zero-order valence-electron chi connectivity index (χ0n) is 44.9. The summed E-state index contributed by atoms with van der Waals surface area (Å²) in [5.74, 6) is -0.330. The first kappa shape index (κ1) is 66.5. The van der Waals surface area contributed by atoms with E-state index in [1.165, 1.54) is 205 Å². The molecule has 2 atom stereocenters. The van der Waals surface area contributed by atoms with Gasteiger partial charge in [-0.25, -0.2) is 4.57 Å². The maximum absolute atomic E-state index is 12.7. The molecule has 400 valence electrons. The molecule has 0 saturated heterocycles. The number of unbranched alkanes of at least 4 members (excludes halogenated alkanes) is 35. The number of ether oxygens (including phenoxy) is 2. The Hall–Kier alpha value is -1.54. The Kier molecular flexibility index (Phi) is 55.1. The molecular formula is C59H112NO7P. The molecule has 0 radical (unpaired) electrons. The minimum atomic E-state index is -4.29. The lowest BCUT2D eigenvalue weighted by molar-refractivity contribution is -0.154. The number of carbonyl (C=O) groups is 1. The molecular weight excluding hydrogens is 866 g/mol. The highest BCUT2D eigenvalue weighted by Crippen LogP contribution is 2.43. The third-order valence-corrected chi connectivity index (χ3v) is 13.7. The van der Waals surface area contributed by atoms with Crippen molar-refractivity contribution in [2.24, 2.45) is 5.73 Å². The Morgan fingerprint density at radius 1 is 0.456 bits per heavy atom. The van der Waals surface area contributed by atoms with Gasteiger partial charge in [-0.05, 0) is 51.4 Å². The van der Waals surface area contributed by atoms with Crippen molar-refractivity contribution in [3.8, 4) is 0 Å². The highest BCUT2D eigenvalue weighted by atomic mass is 31.2. The predicted octanol–water partition coefficient (Wildman–Crippen LogP) is 18.7. The van der Waals surface area contributed by atoms with Crippen LogP contribution in [-0.2, 0) is 27.9 Å². The molecule has 9 heteroatoms. The van der Waals surface area contributed by atoms with E-state index in [4.69, 9.17) is 24.3 Å². The standard InChI is InChI=1S/C59H112NO7P/c1-3-5-7-9-11-13-15-17-19-21-23-25-27-28-29-31-33-35-37-39-41-43-45-47-49-51-54-64-56-58(57-66-68(62,63)65-55-53-60)67-59(61)52-50-48-46-44-42-40-38-36-34-32-30-26-24-22-20-18-16-14-12-10-8-6-4-2/h6,8,12,14,18,20,24,26,58H,3-5,7,9-11,13,15-17,19,21-23,25,27-57,60H2,1-2H3,(H,62,63)/b8-6-,14-12-,20-18-,26-24-. The van der Waals surface area contributed by atoms with Crippen molar-refractivity contribution >= 4 is 13.8 Å². The zero-order valence-corrected chi connectivity index (χ0v) is 45.7. The molecule has 0 aliphatic heterocycles.